The van der Waals surface area contributed by atoms with Crippen molar-refractivity contribution in [1.29, 1.82) is 0 Å². The molecular formula is C6H6N4. The molecule has 0 aliphatic carbocycles. The van der Waals surface area contributed by atoms with E-state index >= 15 is 0 Å². The standard InChI is InChI=1S/C6H6N4/c7-6-3-5-4-8-1-2-10(5)9-6/h1-4H,(H2,7,9). The zero-order chi connectivity index (χ0) is 6.97. The first-order chi connectivity index (χ1) is 4.86. The lowest BCUT2D eigenvalue weighted by Gasteiger charge is -1.85. The number of nitrogens with two attached hydrogens (primary N) is 1. The Kier molecular flexibility index (Phi) is 0.887. The van der Waals surface area contributed by atoms with Crippen molar-refractivity contribution in [3.05, 3.63) is 24.7 Å². The van der Waals surface area contributed by atoms with E-state index in [-0.39, 0.29) is 0 Å². The molecule has 0 bridgehead atoms. The summed E-state index contributed by atoms with van der Waals surface area (Å²) in [7, 11) is 0. The molecule has 50 valence electrons. The third kappa shape index (κ3) is 0.621. The van der Waals surface area contributed by atoms with Gasteiger partial charge in [-0.25, -0.2) is 4.52 Å². The van der Waals surface area contributed by atoms with Crippen LogP contribution in [-0.4, -0.2) is 14.6 Å². The monoisotopic (exact) mass is 134 g/mol. The molecule has 4 nitrogen and oxygen atoms in total. The average Bonchev–Trinajstić information content (AvgIpc) is 2.27. The zero-order valence-corrected chi connectivity index (χ0v) is 5.23. The molecule has 2 N–H and O–H groups in total. The molecule has 0 saturated carbocycles. The van der Waals surface area contributed by atoms with Gasteiger partial charge < -0.3 is 5.73 Å². The van der Waals surface area contributed by atoms with Crippen LogP contribution in [0.15, 0.2) is 24.7 Å². The zero-order valence-electron chi connectivity index (χ0n) is 5.23. The van der Waals surface area contributed by atoms with Gasteiger partial charge in [0.15, 0.2) is 0 Å². The van der Waals surface area contributed by atoms with Gasteiger partial charge in [0, 0.05) is 18.5 Å². The summed E-state index contributed by atoms with van der Waals surface area (Å²) in [5.41, 5.74) is 6.35. The molecule has 0 saturated heterocycles. The lowest BCUT2D eigenvalue weighted by Crippen LogP contribution is -1.88. The van der Waals surface area contributed by atoms with Gasteiger partial charge in [-0.3, -0.25) is 4.98 Å². The van der Waals surface area contributed by atoms with Crippen LogP contribution < -0.4 is 5.73 Å². The van der Waals surface area contributed by atoms with Crippen molar-refractivity contribution in [2.24, 2.45) is 0 Å². The van der Waals surface area contributed by atoms with Gasteiger partial charge in [-0.2, -0.15) is 5.10 Å². The first-order valence-electron chi connectivity index (χ1n) is 2.91. The van der Waals surface area contributed by atoms with E-state index in [0.29, 0.717) is 5.82 Å². The molecule has 0 aromatic carbocycles. The summed E-state index contributed by atoms with van der Waals surface area (Å²) in [4.78, 5) is 3.91. The van der Waals surface area contributed by atoms with Crippen LogP contribution in [-0.2, 0) is 0 Å². The second kappa shape index (κ2) is 1.70. The maximum Gasteiger partial charge on any atom is 0.146 e. The molecule has 2 rings (SSSR count). The molecule has 0 amide bonds. The highest BCUT2D eigenvalue weighted by atomic mass is 15.2. The number of hydrogen-bond donors (Lipinski definition) is 1. The third-order valence-corrected chi connectivity index (χ3v) is 1.28. The van der Waals surface area contributed by atoms with E-state index in [1.54, 1.807) is 29.2 Å². The Morgan fingerprint density at radius 1 is 1.50 bits per heavy atom. The minimum Gasteiger partial charge on any atom is -0.382 e. The maximum absolute atomic E-state index is 5.43. The van der Waals surface area contributed by atoms with Crippen molar-refractivity contribution in [1.82, 2.24) is 14.6 Å². The number of aromatic nitrogens is 3. The minimum absolute atomic E-state index is 0.521. The van der Waals surface area contributed by atoms with Gasteiger partial charge >= 0.3 is 0 Å². The highest BCUT2D eigenvalue weighted by Gasteiger charge is 1.93. The van der Waals surface area contributed by atoms with Crippen LogP contribution in [0, 0.1) is 0 Å². The summed E-state index contributed by atoms with van der Waals surface area (Å²) in [6.07, 6.45) is 5.13. The Hall–Kier alpha value is -1.58. The van der Waals surface area contributed by atoms with E-state index in [1.807, 2.05) is 0 Å². The molecule has 0 aliphatic heterocycles. The van der Waals surface area contributed by atoms with Crippen molar-refractivity contribution in [3.8, 4) is 0 Å². The highest BCUT2D eigenvalue weighted by molar-refractivity contribution is 5.51. The van der Waals surface area contributed by atoms with E-state index in [1.165, 1.54) is 0 Å². The molecule has 0 unspecified atom stereocenters. The predicted octanol–water partition coefficient (Wildman–Crippen LogP) is 0.311. The summed E-state index contributed by atoms with van der Waals surface area (Å²) in [5, 5.41) is 3.97. The van der Waals surface area contributed by atoms with E-state index < -0.39 is 0 Å². The van der Waals surface area contributed by atoms with Gasteiger partial charge in [-0.1, -0.05) is 0 Å². The van der Waals surface area contributed by atoms with Crippen LogP contribution in [0.25, 0.3) is 5.52 Å². The molecule has 2 aromatic rings. The van der Waals surface area contributed by atoms with Crippen molar-refractivity contribution >= 4 is 11.3 Å². The Labute approximate surface area is 57.3 Å². The number of nitrogen functional groups attached to an aromatic ring is 1. The maximum atomic E-state index is 5.43. The first-order valence-corrected chi connectivity index (χ1v) is 2.91. The highest BCUT2D eigenvalue weighted by Crippen LogP contribution is 2.03. The SMILES string of the molecule is Nc1cc2cnccn2n1. The van der Waals surface area contributed by atoms with Gasteiger partial charge in [-0.05, 0) is 0 Å². The molecule has 0 atom stereocenters. The van der Waals surface area contributed by atoms with Crippen LogP contribution in [0.4, 0.5) is 5.82 Å². The second-order valence-electron chi connectivity index (χ2n) is 2.01. The summed E-state index contributed by atoms with van der Waals surface area (Å²) in [6, 6.07) is 1.77. The number of fused-ring (bicyclic) bond motifs is 1. The quantitative estimate of drug-likeness (QED) is 0.564. The van der Waals surface area contributed by atoms with Gasteiger partial charge in [-0.15, -0.1) is 0 Å². The smallest absolute Gasteiger partial charge is 0.146 e. The molecule has 0 fully saturated rings. The molecule has 2 heterocycles. The van der Waals surface area contributed by atoms with Crippen molar-refractivity contribution < 1.29 is 0 Å². The van der Waals surface area contributed by atoms with Gasteiger partial charge in [0.2, 0.25) is 0 Å². The summed E-state index contributed by atoms with van der Waals surface area (Å²) < 4.78 is 1.68. The largest absolute Gasteiger partial charge is 0.382 e. The molecular weight excluding hydrogens is 128 g/mol. The number of rotatable bonds is 0. The fourth-order valence-electron chi connectivity index (χ4n) is 0.866. The van der Waals surface area contributed by atoms with Gasteiger partial charge in [0.05, 0.1) is 11.7 Å². The Balaban J connectivity index is 2.88. The first kappa shape index (κ1) is 5.22. The summed E-state index contributed by atoms with van der Waals surface area (Å²) in [5.74, 6) is 0.521. The lowest BCUT2D eigenvalue weighted by molar-refractivity contribution is 0.952. The molecule has 0 radical (unpaired) electrons. The fraction of sp³-hybridized carbons (Fsp3) is 0. The Morgan fingerprint density at radius 2 is 2.40 bits per heavy atom. The van der Waals surface area contributed by atoms with Gasteiger partial charge in [0.1, 0.15) is 5.82 Å². The van der Waals surface area contributed by atoms with Crippen LogP contribution in [0.5, 0.6) is 0 Å². The van der Waals surface area contributed by atoms with E-state index in [9.17, 15) is 0 Å². The lowest BCUT2D eigenvalue weighted by atomic mass is 10.5. The fourth-order valence-corrected chi connectivity index (χ4v) is 0.866. The summed E-state index contributed by atoms with van der Waals surface area (Å²) in [6.45, 7) is 0. The number of hydrogen-bond acceptors (Lipinski definition) is 3. The van der Waals surface area contributed by atoms with Gasteiger partial charge in [0.25, 0.3) is 0 Å². The second-order valence-corrected chi connectivity index (χ2v) is 2.01. The Bertz CT molecular complexity index is 318. The van der Waals surface area contributed by atoms with E-state index in [4.69, 9.17) is 5.73 Å². The van der Waals surface area contributed by atoms with E-state index in [2.05, 4.69) is 10.1 Å². The molecule has 4 heteroatoms. The predicted molar refractivity (Wildman–Crippen MR) is 37.4 cm³/mol. The molecule has 0 spiro atoms. The van der Waals surface area contributed by atoms with Crippen LogP contribution in [0.3, 0.4) is 0 Å². The molecule has 10 heavy (non-hydrogen) atoms. The van der Waals surface area contributed by atoms with E-state index in [0.717, 1.165) is 5.52 Å². The number of anilines is 1. The van der Waals surface area contributed by atoms with Crippen molar-refractivity contribution in [2.45, 2.75) is 0 Å². The normalized spacial score (nSPS) is 10.4. The third-order valence-electron chi connectivity index (χ3n) is 1.28. The minimum atomic E-state index is 0.521. The van der Waals surface area contributed by atoms with Crippen LogP contribution in [0.2, 0.25) is 0 Å². The number of nitrogens with zero attached hydrogens (tertiary/aromatic N) is 3. The molecule has 2 aromatic heterocycles. The molecule has 0 aliphatic rings. The van der Waals surface area contributed by atoms with Crippen molar-refractivity contribution in [3.63, 3.8) is 0 Å². The topological polar surface area (TPSA) is 56.2 Å². The van der Waals surface area contributed by atoms with Crippen LogP contribution in [0.1, 0.15) is 0 Å². The Morgan fingerprint density at radius 3 is 3.20 bits per heavy atom. The van der Waals surface area contributed by atoms with Crippen LogP contribution >= 0.6 is 0 Å². The van der Waals surface area contributed by atoms with Crippen molar-refractivity contribution in [2.75, 3.05) is 5.73 Å². The average molecular weight is 134 g/mol. The summed E-state index contributed by atoms with van der Waals surface area (Å²) >= 11 is 0.